The Morgan fingerprint density at radius 3 is 2.34 bits per heavy atom. The second-order valence-electron chi connectivity index (χ2n) is 7.41. The van der Waals surface area contributed by atoms with Crippen molar-refractivity contribution in [2.24, 2.45) is 0 Å². The number of amides is 4. The van der Waals surface area contributed by atoms with Crippen LogP contribution < -0.4 is 14.4 Å². The largest absolute Gasteiger partial charge is 0.379 e. The molecule has 1 aliphatic rings. The Morgan fingerprint density at radius 1 is 0.943 bits per heavy atom. The second kappa shape index (κ2) is 9.53. The zero-order valence-electron chi connectivity index (χ0n) is 18.0. The molecule has 0 saturated carbocycles. The van der Waals surface area contributed by atoms with Crippen LogP contribution in [0.3, 0.4) is 0 Å². The summed E-state index contributed by atoms with van der Waals surface area (Å²) >= 11 is 11.9. The topological polar surface area (TPSA) is 110 Å². The summed E-state index contributed by atoms with van der Waals surface area (Å²) in [5.41, 5.74) is 0.671. The lowest BCUT2D eigenvalue weighted by Crippen LogP contribution is -2.54. The van der Waals surface area contributed by atoms with Crippen LogP contribution in [-0.2, 0) is 19.7 Å². The maximum atomic E-state index is 13.1. The summed E-state index contributed by atoms with van der Waals surface area (Å²) in [6, 6.07) is 15.0. The van der Waals surface area contributed by atoms with Gasteiger partial charge in [-0.05, 0) is 72.7 Å². The van der Waals surface area contributed by atoms with E-state index in [2.05, 4.69) is 5.32 Å². The standard InChI is InChI=1S/C24H16Cl2N2O6S/c1-14-20(26)6-3-7-21(14)28-23(30)19(22(29)27-24(28)31)13-15-4-2-5-17(12-15)34-35(32,33)18-10-8-16(25)9-11-18/h2-13H,1H3,(H,27,29,31)/b19-13-. The lowest BCUT2D eigenvalue weighted by molar-refractivity contribution is -0.122. The molecular formula is C24H16Cl2N2O6S. The normalized spacial score (nSPS) is 15.3. The molecule has 1 heterocycles. The molecule has 3 aromatic carbocycles. The Kier molecular flexibility index (Phi) is 6.66. The van der Waals surface area contributed by atoms with E-state index in [-0.39, 0.29) is 21.9 Å². The molecule has 0 radical (unpaired) electrons. The van der Waals surface area contributed by atoms with Crippen LogP contribution in [0.1, 0.15) is 11.1 Å². The summed E-state index contributed by atoms with van der Waals surface area (Å²) in [5, 5.41) is 2.85. The fourth-order valence-electron chi connectivity index (χ4n) is 3.31. The first kappa shape index (κ1) is 24.5. The van der Waals surface area contributed by atoms with Gasteiger partial charge in [-0.2, -0.15) is 8.42 Å². The quantitative estimate of drug-likeness (QED) is 0.290. The number of imide groups is 2. The van der Waals surface area contributed by atoms with Gasteiger partial charge in [0.25, 0.3) is 11.8 Å². The number of nitrogens with one attached hydrogen (secondary N) is 1. The third-order valence-corrected chi connectivity index (χ3v) is 6.98. The number of hydrogen-bond donors (Lipinski definition) is 1. The highest BCUT2D eigenvalue weighted by Gasteiger charge is 2.37. The first-order valence-electron chi connectivity index (χ1n) is 10.0. The molecule has 0 aromatic heterocycles. The average Bonchev–Trinajstić information content (AvgIpc) is 2.79. The van der Waals surface area contributed by atoms with Gasteiger partial charge in [-0.3, -0.25) is 14.9 Å². The molecule has 4 amide bonds. The molecule has 8 nitrogen and oxygen atoms in total. The summed E-state index contributed by atoms with van der Waals surface area (Å²) in [5.74, 6) is -1.79. The predicted octanol–water partition coefficient (Wildman–Crippen LogP) is 4.74. The molecule has 0 spiro atoms. The maximum Gasteiger partial charge on any atom is 0.339 e. The van der Waals surface area contributed by atoms with E-state index in [1.807, 2.05) is 0 Å². The average molecular weight is 531 g/mol. The summed E-state index contributed by atoms with van der Waals surface area (Å²) in [6.07, 6.45) is 1.23. The van der Waals surface area contributed by atoms with Gasteiger partial charge in [0.15, 0.2) is 0 Å². The minimum atomic E-state index is -4.15. The third-order valence-electron chi connectivity index (χ3n) is 5.06. The van der Waals surface area contributed by atoms with Crippen molar-refractivity contribution < 1.29 is 27.0 Å². The van der Waals surface area contributed by atoms with E-state index in [1.165, 1.54) is 54.6 Å². The van der Waals surface area contributed by atoms with Gasteiger partial charge in [0.1, 0.15) is 16.2 Å². The summed E-state index contributed by atoms with van der Waals surface area (Å²) in [6.45, 7) is 1.64. The second-order valence-corrected chi connectivity index (χ2v) is 9.80. The number of hydrogen-bond acceptors (Lipinski definition) is 6. The van der Waals surface area contributed by atoms with Crippen LogP contribution in [0.5, 0.6) is 5.75 Å². The van der Waals surface area contributed by atoms with E-state index in [9.17, 15) is 22.8 Å². The summed E-state index contributed by atoms with van der Waals surface area (Å²) in [7, 11) is -4.15. The number of anilines is 1. The Hall–Kier alpha value is -3.66. The van der Waals surface area contributed by atoms with Crippen LogP contribution >= 0.6 is 23.2 Å². The van der Waals surface area contributed by atoms with E-state index in [1.54, 1.807) is 25.1 Å². The molecule has 1 N–H and O–H groups in total. The van der Waals surface area contributed by atoms with Crippen molar-refractivity contribution in [2.45, 2.75) is 11.8 Å². The van der Waals surface area contributed by atoms with Crippen LogP contribution in [-0.4, -0.2) is 26.3 Å². The number of carbonyl (C=O) groups excluding carboxylic acids is 3. The molecule has 0 bridgehead atoms. The minimum absolute atomic E-state index is 0.0448. The van der Waals surface area contributed by atoms with E-state index < -0.39 is 28.0 Å². The molecule has 0 aliphatic carbocycles. The lowest BCUT2D eigenvalue weighted by atomic mass is 10.1. The van der Waals surface area contributed by atoms with Crippen molar-refractivity contribution in [3.63, 3.8) is 0 Å². The fourth-order valence-corrected chi connectivity index (χ4v) is 4.53. The van der Waals surface area contributed by atoms with Crippen molar-refractivity contribution in [3.05, 3.63) is 93.5 Å². The Balaban J connectivity index is 1.66. The van der Waals surface area contributed by atoms with Crippen LogP contribution in [0.4, 0.5) is 10.5 Å². The number of urea groups is 1. The molecule has 35 heavy (non-hydrogen) atoms. The van der Waals surface area contributed by atoms with E-state index in [4.69, 9.17) is 27.4 Å². The summed E-state index contributed by atoms with van der Waals surface area (Å²) in [4.78, 5) is 38.8. The molecule has 1 aliphatic heterocycles. The Bertz CT molecular complexity index is 1500. The van der Waals surface area contributed by atoms with Crippen LogP contribution in [0.25, 0.3) is 6.08 Å². The Morgan fingerprint density at radius 2 is 1.63 bits per heavy atom. The first-order valence-corrected chi connectivity index (χ1v) is 12.2. The van der Waals surface area contributed by atoms with Crippen LogP contribution in [0, 0.1) is 6.92 Å². The minimum Gasteiger partial charge on any atom is -0.379 e. The molecule has 4 rings (SSSR count). The van der Waals surface area contributed by atoms with Crippen molar-refractivity contribution in [2.75, 3.05) is 4.90 Å². The molecule has 1 fully saturated rings. The number of nitrogens with zero attached hydrogens (tertiary/aromatic N) is 1. The molecule has 1 saturated heterocycles. The molecule has 0 unspecified atom stereocenters. The van der Waals surface area contributed by atoms with Gasteiger partial charge in [0.2, 0.25) is 0 Å². The SMILES string of the molecule is Cc1c(Cl)cccc1N1C(=O)NC(=O)/C(=C/c2cccc(OS(=O)(=O)c3ccc(Cl)cc3)c2)C1=O. The zero-order chi connectivity index (χ0) is 25.3. The van der Waals surface area contributed by atoms with Crippen molar-refractivity contribution in [3.8, 4) is 5.75 Å². The highest BCUT2D eigenvalue weighted by atomic mass is 35.5. The van der Waals surface area contributed by atoms with E-state index in [0.717, 1.165) is 4.90 Å². The highest BCUT2D eigenvalue weighted by Crippen LogP contribution is 2.30. The predicted molar refractivity (Wildman–Crippen MR) is 131 cm³/mol. The zero-order valence-corrected chi connectivity index (χ0v) is 20.3. The van der Waals surface area contributed by atoms with Gasteiger partial charge in [-0.1, -0.05) is 41.4 Å². The van der Waals surface area contributed by atoms with Gasteiger partial charge >= 0.3 is 16.1 Å². The maximum absolute atomic E-state index is 13.1. The van der Waals surface area contributed by atoms with Gasteiger partial charge in [-0.15, -0.1) is 0 Å². The molecular weight excluding hydrogens is 515 g/mol. The summed E-state index contributed by atoms with van der Waals surface area (Å²) < 4.78 is 30.3. The monoisotopic (exact) mass is 530 g/mol. The smallest absolute Gasteiger partial charge is 0.339 e. The van der Waals surface area contributed by atoms with E-state index in [0.29, 0.717) is 21.2 Å². The van der Waals surface area contributed by atoms with Crippen LogP contribution in [0.15, 0.2) is 77.2 Å². The van der Waals surface area contributed by atoms with Gasteiger partial charge in [0.05, 0.1) is 5.69 Å². The fraction of sp³-hybridized carbons (Fsp3) is 0.0417. The highest BCUT2D eigenvalue weighted by molar-refractivity contribution is 7.87. The van der Waals surface area contributed by atoms with Gasteiger partial charge in [-0.25, -0.2) is 9.69 Å². The number of halogens is 2. The van der Waals surface area contributed by atoms with E-state index >= 15 is 0 Å². The Labute approximate surface area is 210 Å². The van der Waals surface area contributed by atoms with Crippen molar-refractivity contribution in [1.29, 1.82) is 0 Å². The van der Waals surface area contributed by atoms with Gasteiger partial charge in [0, 0.05) is 10.0 Å². The molecule has 3 aromatic rings. The lowest BCUT2D eigenvalue weighted by Gasteiger charge is -2.27. The number of carbonyl (C=O) groups is 3. The third kappa shape index (κ3) is 5.07. The molecule has 0 atom stereocenters. The molecule has 178 valence electrons. The van der Waals surface area contributed by atoms with Crippen LogP contribution in [0.2, 0.25) is 10.0 Å². The number of rotatable bonds is 5. The number of barbiturate groups is 1. The first-order chi connectivity index (χ1) is 16.6. The van der Waals surface area contributed by atoms with Crippen molar-refractivity contribution >= 4 is 62.9 Å². The molecule has 11 heteroatoms. The number of benzene rings is 3. The van der Waals surface area contributed by atoms with Gasteiger partial charge < -0.3 is 4.18 Å². The van der Waals surface area contributed by atoms with Crippen molar-refractivity contribution in [1.82, 2.24) is 5.32 Å².